The smallest absolute Gasteiger partial charge is 0.172 e. The fraction of sp³-hybridized carbons (Fsp3) is 1.00. The minimum Gasteiger partial charge on any atom is -0.172 e. The Morgan fingerprint density at radius 3 is 2.00 bits per heavy atom. The summed E-state index contributed by atoms with van der Waals surface area (Å²) in [4.78, 5) is 0. The fourth-order valence-corrected chi connectivity index (χ4v) is 0.655. The van der Waals surface area contributed by atoms with Crippen LogP contribution < -0.4 is 0 Å². The molecule has 0 saturated heterocycles. The quantitative estimate of drug-likeness (QED) is 0.496. The first-order valence-electron chi connectivity index (χ1n) is 2.05. The molecule has 0 nitrogen and oxygen atoms in total. The molecule has 0 rings (SSSR count). The van der Waals surface area contributed by atoms with Gasteiger partial charge in [-0.05, 0) is 6.32 Å². The summed E-state index contributed by atoms with van der Waals surface area (Å²) in [6.07, 6.45) is 1.97. The van der Waals surface area contributed by atoms with Gasteiger partial charge >= 0.3 is 5.54 Å². The summed E-state index contributed by atoms with van der Waals surface area (Å²) in [5, 5.41) is 0. The Kier molecular flexibility index (Phi) is 4.23. The summed E-state index contributed by atoms with van der Waals surface area (Å²) in [6.45, 7) is 2.05. The molecular weight excluding hydrogens is 118 g/mol. The molecule has 0 heterocycles. The Hall–Kier alpha value is 0.645. The van der Waals surface area contributed by atoms with Crippen LogP contribution in [0.25, 0.3) is 0 Å². The minimum absolute atomic E-state index is 0.157. The molecule has 0 amide bonds. The lowest BCUT2D eigenvalue weighted by atomic mass is 10.00. The van der Waals surface area contributed by atoms with E-state index in [0.29, 0.717) is 0 Å². The molecule has 0 atom stereocenters. The van der Waals surface area contributed by atoms with Crippen LogP contribution in [0.3, 0.4) is 0 Å². The average molecular weight is 125 g/mol. The van der Waals surface area contributed by atoms with Gasteiger partial charge in [-0.2, -0.15) is 22.9 Å². The second kappa shape index (κ2) is 3.82. The molecule has 0 aromatic rings. The Morgan fingerprint density at radius 1 is 1.50 bits per heavy atom. The molecule has 0 aromatic carbocycles. The van der Waals surface area contributed by atoms with Crippen LogP contribution >= 0.6 is 22.9 Å². The number of halogens is 2. The second-order valence-corrected chi connectivity index (χ2v) is 2.46. The highest BCUT2D eigenvalue weighted by Gasteiger charge is 1.99. The Labute approximate surface area is 48.7 Å². The molecular formula is C3H7BCl2. The molecule has 36 valence electrons. The molecule has 0 saturated carbocycles. The van der Waals surface area contributed by atoms with Crippen LogP contribution in [-0.2, 0) is 0 Å². The normalized spacial score (nSPS) is 8.50. The van der Waals surface area contributed by atoms with E-state index in [9.17, 15) is 0 Å². The molecule has 0 radical (unpaired) electrons. The zero-order valence-electron chi connectivity index (χ0n) is 3.75. The Bertz CT molecular complexity index is 30.0. The van der Waals surface area contributed by atoms with E-state index in [1.807, 2.05) is 0 Å². The van der Waals surface area contributed by atoms with E-state index in [0.717, 1.165) is 12.7 Å². The van der Waals surface area contributed by atoms with Crippen molar-refractivity contribution in [1.29, 1.82) is 0 Å². The third-order valence-electron chi connectivity index (χ3n) is 0.507. The first-order chi connectivity index (χ1) is 2.77. The van der Waals surface area contributed by atoms with Gasteiger partial charge in [0.05, 0.1) is 0 Å². The predicted molar refractivity (Wildman–Crippen MR) is 32.6 cm³/mol. The summed E-state index contributed by atoms with van der Waals surface area (Å²) in [5.74, 6) is 0. The summed E-state index contributed by atoms with van der Waals surface area (Å²) >= 11 is 10.7. The lowest BCUT2D eigenvalue weighted by Crippen LogP contribution is -1.87. The van der Waals surface area contributed by atoms with E-state index in [1.165, 1.54) is 0 Å². The van der Waals surface area contributed by atoms with Crippen LogP contribution in [0, 0.1) is 0 Å². The van der Waals surface area contributed by atoms with Crippen molar-refractivity contribution < 1.29 is 0 Å². The first kappa shape index (κ1) is 6.64. The van der Waals surface area contributed by atoms with E-state index in [4.69, 9.17) is 22.9 Å². The monoisotopic (exact) mass is 124 g/mol. The lowest BCUT2D eigenvalue weighted by molar-refractivity contribution is 1.08. The van der Waals surface area contributed by atoms with Gasteiger partial charge in [0.15, 0.2) is 0 Å². The van der Waals surface area contributed by atoms with E-state index in [-0.39, 0.29) is 5.54 Å². The van der Waals surface area contributed by atoms with Crippen molar-refractivity contribution in [3.05, 3.63) is 0 Å². The van der Waals surface area contributed by atoms with Gasteiger partial charge in [-0.15, -0.1) is 0 Å². The van der Waals surface area contributed by atoms with Crippen molar-refractivity contribution in [1.82, 2.24) is 0 Å². The van der Waals surface area contributed by atoms with Gasteiger partial charge in [-0.25, -0.2) is 0 Å². The minimum atomic E-state index is -0.157. The molecule has 0 aliphatic carbocycles. The SMILES string of the molecule is CCCB(Cl)Cl. The van der Waals surface area contributed by atoms with Crippen LogP contribution in [0.2, 0.25) is 6.32 Å². The van der Waals surface area contributed by atoms with Crippen molar-refractivity contribution in [3.63, 3.8) is 0 Å². The molecule has 3 heteroatoms. The highest BCUT2D eigenvalue weighted by molar-refractivity contribution is 7.33. The van der Waals surface area contributed by atoms with Crippen molar-refractivity contribution >= 4 is 28.5 Å². The van der Waals surface area contributed by atoms with Crippen molar-refractivity contribution in [2.45, 2.75) is 19.7 Å². The van der Waals surface area contributed by atoms with Crippen LogP contribution in [0.4, 0.5) is 0 Å². The fourth-order valence-electron chi connectivity index (χ4n) is 0.218. The van der Waals surface area contributed by atoms with Gasteiger partial charge in [-0.1, -0.05) is 13.3 Å². The summed E-state index contributed by atoms with van der Waals surface area (Å²) in [6, 6.07) is 0. The second-order valence-electron chi connectivity index (χ2n) is 1.18. The highest BCUT2D eigenvalue weighted by atomic mass is 35.5. The van der Waals surface area contributed by atoms with Crippen LogP contribution in [-0.4, -0.2) is 5.54 Å². The van der Waals surface area contributed by atoms with Gasteiger partial charge in [0, 0.05) is 0 Å². The van der Waals surface area contributed by atoms with Crippen LogP contribution in [0.1, 0.15) is 13.3 Å². The predicted octanol–water partition coefficient (Wildman–Crippen LogP) is 2.36. The topological polar surface area (TPSA) is 0 Å². The maximum Gasteiger partial charge on any atom is 0.351 e. The zero-order chi connectivity index (χ0) is 4.99. The molecule has 0 aliphatic heterocycles. The van der Waals surface area contributed by atoms with Crippen molar-refractivity contribution in [2.75, 3.05) is 0 Å². The first-order valence-corrected chi connectivity index (χ1v) is 2.92. The summed E-state index contributed by atoms with van der Waals surface area (Å²) in [5.41, 5.74) is -0.157. The Morgan fingerprint density at radius 2 is 2.00 bits per heavy atom. The molecule has 0 fully saturated rings. The number of hydrogen-bond acceptors (Lipinski definition) is 0. The van der Waals surface area contributed by atoms with E-state index >= 15 is 0 Å². The van der Waals surface area contributed by atoms with E-state index in [1.54, 1.807) is 0 Å². The molecule has 6 heavy (non-hydrogen) atoms. The molecule has 0 bridgehead atoms. The van der Waals surface area contributed by atoms with Crippen LogP contribution in [0.15, 0.2) is 0 Å². The Balaban J connectivity index is 2.63. The van der Waals surface area contributed by atoms with Crippen LogP contribution in [0.5, 0.6) is 0 Å². The largest absolute Gasteiger partial charge is 0.351 e. The van der Waals surface area contributed by atoms with Crippen molar-refractivity contribution in [2.24, 2.45) is 0 Å². The molecule has 0 unspecified atom stereocenters. The van der Waals surface area contributed by atoms with E-state index in [2.05, 4.69) is 6.92 Å². The van der Waals surface area contributed by atoms with E-state index < -0.39 is 0 Å². The third kappa shape index (κ3) is 4.64. The summed E-state index contributed by atoms with van der Waals surface area (Å²) in [7, 11) is 0. The van der Waals surface area contributed by atoms with Gasteiger partial charge in [0.2, 0.25) is 0 Å². The van der Waals surface area contributed by atoms with Gasteiger partial charge in [0.25, 0.3) is 0 Å². The maximum atomic E-state index is 5.34. The number of hydrogen-bond donors (Lipinski definition) is 0. The highest BCUT2D eigenvalue weighted by Crippen LogP contribution is 2.04. The van der Waals surface area contributed by atoms with Gasteiger partial charge in [0.1, 0.15) is 0 Å². The van der Waals surface area contributed by atoms with Crippen molar-refractivity contribution in [3.8, 4) is 0 Å². The lowest BCUT2D eigenvalue weighted by Gasteiger charge is -1.85. The molecule has 0 N–H and O–H groups in total. The molecule has 0 spiro atoms. The molecule has 0 aliphatic rings. The molecule has 0 aromatic heterocycles. The third-order valence-corrected chi connectivity index (χ3v) is 0.943. The summed E-state index contributed by atoms with van der Waals surface area (Å²) < 4.78 is 0. The zero-order valence-corrected chi connectivity index (χ0v) is 5.26. The average Bonchev–Trinajstić information content (AvgIpc) is 1.35. The number of rotatable bonds is 2. The van der Waals surface area contributed by atoms with Gasteiger partial charge in [-0.3, -0.25) is 0 Å². The maximum absolute atomic E-state index is 5.34. The standard InChI is InChI=1S/C3H7BCl2/c1-2-3-4(5)6/h2-3H2,1H3. The van der Waals surface area contributed by atoms with Gasteiger partial charge < -0.3 is 0 Å².